The van der Waals surface area contributed by atoms with E-state index in [1.165, 1.54) is 4.90 Å². The molecule has 0 aliphatic heterocycles. The highest BCUT2D eigenvalue weighted by Crippen LogP contribution is 2.32. The number of aryl methyl sites for hydroxylation is 1. The highest BCUT2D eigenvalue weighted by atomic mass is 79.9. The van der Waals surface area contributed by atoms with Crippen molar-refractivity contribution in [2.45, 2.75) is 33.2 Å². The minimum absolute atomic E-state index is 0.365. The largest absolute Gasteiger partial charge is 0.480 e. The standard InChI is InChI=1S/C14H18Br2N2O3/c1-8-5-9(15)12(10(16)6-8)17-13(21)18(7-11(19)20)14(2,3)4/h5-6H,7H2,1-4H3,(H,17,21)(H,19,20). The van der Waals surface area contributed by atoms with Gasteiger partial charge in [-0.1, -0.05) is 0 Å². The number of nitrogens with zero attached hydrogens (tertiary/aromatic N) is 1. The molecule has 0 aromatic heterocycles. The topological polar surface area (TPSA) is 69.6 Å². The molecule has 0 saturated carbocycles. The summed E-state index contributed by atoms with van der Waals surface area (Å²) in [6, 6.07) is 3.29. The number of hydrogen-bond acceptors (Lipinski definition) is 2. The number of halogens is 2. The molecule has 116 valence electrons. The Kier molecular flexibility index (Phi) is 5.81. The molecule has 0 aliphatic rings. The predicted molar refractivity (Wildman–Crippen MR) is 89.7 cm³/mol. The van der Waals surface area contributed by atoms with Crippen LogP contribution >= 0.6 is 31.9 Å². The van der Waals surface area contributed by atoms with Gasteiger partial charge >= 0.3 is 12.0 Å². The second-order valence-electron chi connectivity index (χ2n) is 5.68. The molecule has 7 heteroatoms. The summed E-state index contributed by atoms with van der Waals surface area (Å²) in [5.74, 6) is -1.05. The van der Waals surface area contributed by atoms with Gasteiger partial charge in [-0.25, -0.2) is 4.79 Å². The number of carbonyl (C=O) groups is 2. The van der Waals surface area contributed by atoms with E-state index in [1.54, 1.807) is 20.8 Å². The lowest BCUT2D eigenvalue weighted by atomic mass is 10.1. The lowest BCUT2D eigenvalue weighted by Gasteiger charge is -2.34. The Balaban J connectivity index is 3.05. The van der Waals surface area contributed by atoms with Crippen molar-refractivity contribution < 1.29 is 14.7 Å². The van der Waals surface area contributed by atoms with Crippen molar-refractivity contribution in [1.29, 1.82) is 0 Å². The van der Waals surface area contributed by atoms with Crippen molar-refractivity contribution in [2.24, 2.45) is 0 Å². The van der Waals surface area contributed by atoms with Crippen LogP contribution in [0.25, 0.3) is 0 Å². The molecule has 0 fully saturated rings. The average Bonchev–Trinajstić information content (AvgIpc) is 2.28. The molecule has 0 unspecified atom stereocenters. The van der Waals surface area contributed by atoms with Crippen LogP contribution < -0.4 is 5.32 Å². The van der Waals surface area contributed by atoms with E-state index in [2.05, 4.69) is 37.2 Å². The molecule has 1 rings (SSSR count). The minimum atomic E-state index is -1.05. The number of carboxylic acids is 1. The highest BCUT2D eigenvalue weighted by molar-refractivity contribution is 9.11. The van der Waals surface area contributed by atoms with Gasteiger partial charge < -0.3 is 15.3 Å². The van der Waals surface area contributed by atoms with Gasteiger partial charge in [0.25, 0.3) is 0 Å². The molecule has 1 aromatic rings. The molecule has 5 nitrogen and oxygen atoms in total. The predicted octanol–water partition coefficient (Wildman–Crippen LogP) is 4.24. The number of urea groups is 1. The quantitative estimate of drug-likeness (QED) is 0.766. The normalized spacial score (nSPS) is 11.1. The van der Waals surface area contributed by atoms with E-state index in [9.17, 15) is 9.59 Å². The number of rotatable bonds is 3. The van der Waals surface area contributed by atoms with Crippen LogP contribution in [0, 0.1) is 6.92 Å². The van der Waals surface area contributed by atoms with E-state index >= 15 is 0 Å². The van der Waals surface area contributed by atoms with Crippen molar-refractivity contribution in [1.82, 2.24) is 4.90 Å². The van der Waals surface area contributed by atoms with Gasteiger partial charge in [-0.2, -0.15) is 0 Å². The van der Waals surface area contributed by atoms with Crippen molar-refractivity contribution in [3.05, 3.63) is 26.6 Å². The second kappa shape index (κ2) is 6.79. The monoisotopic (exact) mass is 420 g/mol. The molecular formula is C14H18Br2N2O3. The molecule has 21 heavy (non-hydrogen) atoms. The summed E-state index contributed by atoms with van der Waals surface area (Å²) in [5, 5.41) is 11.7. The Labute approximate surface area is 141 Å². The van der Waals surface area contributed by atoms with Crippen molar-refractivity contribution >= 4 is 49.5 Å². The number of hydrogen-bond donors (Lipinski definition) is 2. The van der Waals surface area contributed by atoms with Gasteiger partial charge in [0.05, 0.1) is 5.69 Å². The van der Waals surface area contributed by atoms with Crippen LogP contribution in [0.4, 0.5) is 10.5 Å². The molecule has 0 spiro atoms. The first kappa shape index (κ1) is 18.0. The first-order valence-corrected chi connectivity index (χ1v) is 7.87. The Bertz CT molecular complexity index is 545. The molecular weight excluding hydrogens is 404 g/mol. The van der Waals surface area contributed by atoms with Crippen LogP contribution in [0.5, 0.6) is 0 Å². The number of aliphatic carboxylic acids is 1. The average molecular weight is 422 g/mol. The first-order chi connectivity index (χ1) is 9.52. The van der Waals surface area contributed by atoms with E-state index < -0.39 is 17.5 Å². The molecule has 1 aromatic carbocycles. The SMILES string of the molecule is Cc1cc(Br)c(NC(=O)N(CC(=O)O)C(C)(C)C)c(Br)c1. The molecule has 0 heterocycles. The summed E-state index contributed by atoms with van der Waals surface area (Å²) in [6.07, 6.45) is 0. The highest BCUT2D eigenvalue weighted by Gasteiger charge is 2.29. The van der Waals surface area contributed by atoms with Gasteiger partial charge in [0, 0.05) is 14.5 Å². The van der Waals surface area contributed by atoms with Crippen LogP contribution in [-0.2, 0) is 4.79 Å². The molecule has 0 saturated heterocycles. The summed E-state index contributed by atoms with van der Waals surface area (Å²) in [4.78, 5) is 24.6. The number of amides is 2. The minimum Gasteiger partial charge on any atom is -0.480 e. The number of carboxylic acid groups (broad SMARTS) is 1. The summed E-state index contributed by atoms with van der Waals surface area (Å²) >= 11 is 6.79. The smallest absolute Gasteiger partial charge is 0.323 e. The third kappa shape index (κ3) is 5.00. The van der Waals surface area contributed by atoms with Crippen molar-refractivity contribution in [3.63, 3.8) is 0 Å². The van der Waals surface area contributed by atoms with Crippen LogP contribution in [0.2, 0.25) is 0 Å². The molecule has 0 aliphatic carbocycles. The Morgan fingerprint density at radius 1 is 1.24 bits per heavy atom. The third-order valence-corrected chi connectivity index (χ3v) is 4.02. The molecule has 2 N–H and O–H groups in total. The summed E-state index contributed by atoms with van der Waals surface area (Å²) in [5.41, 5.74) is 1.00. The molecule has 2 amide bonds. The van der Waals surface area contributed by atoms with E-state index in [-0.39, 0.29) is 6.54 Å². The van der Waals surface area contributed by atoms with Crippen LogP contribution in [0.1, 0.15) is 26.3 Å². The Hall–Kier alpha value is -1.08. The van der Waals surface area contributed by atoms with E-state index in [4.69, 9.17) is 5.11 Å². The Morgan fingerprint density at radius 3 is 2.10 bits per heavy atom. The van der Waals surface area contributed by atoms with Gasteiger partial charge in [0.15, 0.2) is 0 Å². The summed E-state index contributed by atoms with van der Waals surface area (Å²) < 4.78 is 1.46. The molecule has 0 radical (unpaired) electrons. The molecule has 0 bridgehead atoms. The van der Waals surface area contributed by atoms with Crippen LogP contribution in [-0.4, -0.2) is 34.1 Å². The number of carbonyl (C=O) groups excluding carboxylic acids is 1. The van der Waals surface area contributed by atoms with E-state index in [0.29, 0.717) is 5.69 Å². The van der Waals surface area contributed by atoms with Crippen LogP contribution in [0.3, 0.4) is 0 Å². The fourth-order valence-electron chi connectivity index (χ4n) is 1.74. The van der Waals surface area contributed by atoms with Crippen LogP contribution in [0.15, 0.2) is 21.1 Å². The summed E-state index contributed by atoms with van der Waals surface area (Å²) in [7, 11) is 0. The lowest BCUT2D eigenvalue weighted by Crippen LogP contribution is -2.50. The van der Waals surface area contributed by atoms with Gasteiger partial charge in [-0.3, -0.25) is 4.79 Å². The van der Waals surface area contributed by atoms with Gasteiger partial charge in [0.2, 0.25) is 0 Å². The van der Waals surface area contributed by atoms with E-state index in [1.807, 2.05) is 19.1 Å². The summed E-state index contributed by atoms with van der Waals surface area (Å²) in [6.45, 7) is 6.93. The number of anilines is 1. The number of nitrogens with one attached hydrogen (secondary N) is 1. The first-order valence-electron chi connectivity index (χ1n) is 6.28. The fourth-order valence-corrected chi connectivity index (χ4v) is 3.36. The van der Waals surface area contributed by atoms with Crippen molar-refractivity contribution in [3.8, 4) is 0 Å². The van der Waals surface area contributed by atoms with Gasteiger partial charge in [0.1, 0.15) is 6.54 Å². The molecule has 0 atom stereocenters. The maximum atomic E-state index is 12.4. The van der Waals surface area contributed by atoms with Crippen molar-refractivity contribution in [2.75, 3.05) is 11.9 Å². The third-order valence-electron chi connectivity index (χ3n) is 2.77. The lowest BCUT2D eigenvalue weighted by molar-refractivity contribution is -0.138. The zero-order chi connectivity index (χ0) is 16.4. The maximum absolute atomic E-state index is 12.4. The number of benzene rings is 1. The zero-order valence-corrected chi connectivity index (χ0v) is 15.5. The zero-order valence-electron chi connectivity index (χ0n) is 12.3. The fraction of sp³-hybridized carbons (Fsp3) is 0.429. The van der Waals surface area contributed by atoms with Gasteiger partial charge in [-0.05, 0) is 77.3 Å². The Morgan fingerprint density at radius 2 is 1.71 bits per heavy atom. The van der Waals surface area contributed by atoms with Gasteiger partial charge in [-0.15, -0.1) is 0 Å². The maximum Gasteiger partial charge on any atom is 0.323 e. The second-order valence-corrected chi connectivity index (χ2v) is 7.39. The van der Waals surface area contributed by atoms with E-state index in [0.717, 1.165) is 14.5 Å².